The zero-order valence-corrected chi connectivity index (χ0v) is 9.63. The van der Waals surface area contributed by atoms with Gasteiger partial charge in [0.25, 0.3) is 0 Å². The van der Waals surface area contributed by atoms with Crippen molar-refractivity contribution in [2.75, 3.05) is 0 Å². The summed E-state index contributed by atoms with van der Waals surface area (Å²) in [5, 5.41) is 2.07. The Hall–Kier alpha value is -1.00. The average molecular weight is 222 g/mol. The van der Waals surface area contributed by atoms with Crippen LogP contribution in [0.2, 0.25) is 0 Å². The Morgan fingerprint density at radius 2 is 2.21 bits per heavy atom. The van der Waals surface area contributed by atoms with Gasteiger partial charge in [-0.15, -0.1) is 11.3 Å². The van der Waals surface area contributed by atoms with Gasteiger partial charge in [0, 0.05) is 16.1 Å². The molecule has 0 saturated heterocycles. The first-order valence-corrected chi connectivity index (χ1v) is 5.58. The SMILES string of the molecule is Cc1cc(-c2ccsc2C)nc(=S)[nH]1. The third kappa shape index (κ3) is 1.76. The van der Waals surface area contributed by atoms with Crippen LogP contribution in [0, 0.1) is 18.6 Å². The van der Waals surface area contributed by atoms with E-state index in [4.69, 9.17) is 12.2 Å². The van der Waals surface area contributed by atoms with Gasteiger partial charge in [-0.25, -0.2) is 4.98 Å². The molecule has 0 spiro atoms. The van der Waals surface area contributed by atoms with Crippen molar-refractivity contribution in [2.24, 2.45) is 0 Å². The fourth-order valence-corrected chi connectivity index (χ4v) is 2.34. The first-order valence-electron chi connectivity index (χ1n) is 4.29. The van der Waals surface area contributed by atoms with Crippen LogP contribution >= 0.6 is 23.6 Å². The molecular weight excluding hydrogens is 212 g/mol. The molecule has 0 aromatic carbocycles. The Morgan fingerprint density at radius 1 is 1.43 bits per heavy atom. The maximum Gasteiger partial charge on any atom is 0.197 e. The van der Waals surface area contributed by atoms with Gasteiger partial charge in [0.2, 0.25) is 0 Å². The number of H-pyrrole nitrogens is 1. The molecule has 0 atom stereocenters. The molecule has 72 valence electrons. The van der Waals surface area contributed by atoms with Crippen LogP contribution < -0.4 is 0 Å². The number of hydrogen-bond acceptors (Lipinski definition) is 3. The molecule has 2 rings (SSSR count). The molecule has 0 saturated carbocycles. The lowest BCUT2D eigenvalue weighted by atomic mass is 10.2. The Morgan fingerprint density at radius 3 is 2.79 bits per heavy atom. The van der Waals surface area contributed by atoms with E-state index in [1.165, 1.54) is 10.4 Å². The van der Waals surface area contributed by atoms with E-state index in [0.29, 0.717) is 4.77 Å². The number of hydrogen-bond donors (Lipinski definition) is 1. The summed E-state index contributed by atoms with van der Waals surface area (Å²) in [4.78, 5) is 8.58. The number of aryl methyl sites for hydroxylation is 2. The molecule has 0 amide bonds. The highest BCUT2D eigenvalue weighted by Gasteiger charge is 2.04. The van der Waals surface area contributed by atoms with Crippen molar-refractivity contribution < 1.29 is 0 Å². The average Bonchev–Trinajstić information content (AvgIpc) is 2.49. The number of aromatic amines is 1. The molecule has 2 aromatic heterocycles. The first-order chi connectivity index (χ1) is 6.66. The van der Waals surface area contributed by atoms with Gasteiger partial charge < -0.3 is 4.98 Å². The lowest BCUT2D eigenvalue weighted by Gasteiger charge is -2.00. The summed E-state index contributed by atoms with van der Waals surface area (Å²) in [6.07, 6.45) is 0. The van der Waals surface area contributed by atoms with Crippen LogP contribution in [0.15, 0.2) is 17.5 Å². The second kappa shape index (κ2) is 3.63. The van der Waals surface area contributed by atoms with Gasteiger partial charge >= 0.3 is 0 Å². The molecule has 14 heavy (non-hydrogen) atoms. The fourth-order valence-electron chi connectivity index (χ4n) is 1.37. The Labute approximate surface area is 91.7 Å². The predicted octanol–water partition coefficient (Wildman–Crippen LogP) is 3.48. The standard InChI is InChI=1S/C10H10N2S2/c1-6-5-9(12-10(13)11-6)8-3-4-14-7(8)2/h3-5H,1-2H3,(H,11,12,13). The molecule has 2 aromatic rings. The second-order valence-electron chi connectivity index (χ2n) is 3.15. The molecule has 0 unspecified atom stereocenters. The molecule has 0 bridgehead atoms. The minimum atomic E-state index is 0.547. The minimum absolute atomic E-state index is 0.547. The molecule has 0 fully saturated rings. The summed E-state index contributed by atoms with van der Waals surface area (Å²) in [7, 11) is 0. The van der Waals surface area contributed by atoms with Crippen molar-refractivity contribution in [3.05, 3.63) is 32.9 Å². The lowest BCUT2D eigenvalue weighted by molar-refractivity contribution is 1.08. The molecule has 4 heteroatoms. The highest BCUT2D eigenvalue weighted by atomic mass is 32.1. The second-order valence-corrected chi connectivity index (χ2v) is 4.65. The summed E-state index contributed by atoms with van der Waals surface area (Å²) in [5.41, 5.74) is 3.19. The zero-order valence-electron chi connectivity index (χ0n) is 8.00. The van der Waals surface area contributed by atoms with E-state index in [0.717, 1.165) is 11.4 Å². The number of thiophene rings is 1. The summed E-state index contributed by atoms with van der Waals surface area (Å²) in [6, 6.07) is 4.10. The minimum Gasteiger partial charge on any atom is -0.335 e. The number of nitrogens with zero attached hydrogens (tertiary/aromatic N) is 1. The van der Waals surface area contributed by atoms with Crippen LogP contribution in [0.1, 0.15) is 10.6 Å². The van der Waals surface area contributed by atoms with Crippen molar-refractivity contribution in [1.82, 2.24) is 9.97 Å². The van der Waals surface area contributed by atoms with Gasteiger partial charge in [0.1, 0.15) is 0 Å². The predicted molar refractivity (Wildman–Crippen MR) is 62.2 cm³/mol. The van der Waals surface area contributed by atoms with Gasteiger partial charge in [0.15, 0.2) is 4.77 Å². The van der Waals surface area contributed by atoms with Crippen LogP contribution in [0.4, 0.5) is 0 Å². The third-order valence-electron chi connectivity index (χ3n) is 2.01. The van der Waals surface area contributed by atoms with Crippen LogP contribution in [0.25, 0.3) is 11.3 Å². The van der Waals surface area contributed by atoms with Gasteiger partial charge in [-0.1, -0.05) is 0 Å². The summed E-state index contributed by atoms with van der Waals surface area (Å²) in [5.74, 6) is 0. The lowest BCUT2D eigenvalue weighted by Crippen LogP contribution is -1.89. The van der Waals surface area contributed by atoms with E-state index in [1.54, 1.807) is 11.3 Å². The van der Waals surface area contributed by atoms with Crippen LogP contribution in [-0.2, 0) is 0 Å². The molecular formula is C10H10N2S2. The van der Waals surface area contributed by atoms with Crippen molar-refractivity contribution in [2.45, 2.75) is 13.8 Å². The van der Waals surface area contributed by atoms with E-state index in [9.17, 15) is 0 Å². The highest BCUT2D eigenvalue weighted by molar-refractivity contribution is 7.71. The fraction of sp³-hybridized carbons (Fsp3) is 0.200. The smallest absolute Gasteiger partial charge is 0.197 e. The third-order valence-corrected chi connectivity index (χ3v) is 3.05. The number of aromatic nitrogens is 2. The molecule has 0 radical (unpaired) electrons. The van der Waals surface area contributed by atoms with E-state index in [1.807, 2.05) is 13.0 Å². The summed E-state index contributed by atoms with van der Waals surface area (Å²) in [6.45, 7) is 4.08. The maximum atomic E-state index is 5.04. The molecule has 1 N–H and O–H groups in total. The monoisotopic (exact) mass is 222 g/mol. The van der Waals surface area contributed by atoms with Gasteiger partial charge in [-0.05, 0) is 43.6 Å². The first kappa shape index (κ1) is 9.55. The van der Waals surface area contributed by atoms with E-state index >= 15 is 0 Å². The largest absolute Gasteiger partial charge is 0.335 e. The maximum absolute atomic E-state index is 5.04. The van der Waals surface area contributed by atoms with E-state index < -0.39 is 0 Å². The quantitative estimate of drug-likeness (QED) is 0.748. The van der Waals surface area contributed by atoms with Gasteiger partial charge in [-0.3, -0.25) is 0 Å². The Kier molecular flexibility index (Phi) is 2.48. The van der Waals surface area contributed by atoms with Gasteiger partial charge in [-0.2, -0.15) is 0 Å². The van der Waals surface area contributed by atoms with Crippen LogP contribution in [0.5, 0.6) is 0 Å². The van der Waals surface area contributed by atoms with Crippen LogP contribution in [-0.4, -0.2) is 9.97 Å². The zero-order chi connectivity index (χ0) is 10.1. The van der Waals surface area contributed by atoms with Crippen molar-refractivity contribution in [3.63, 3.8) is 0 Å². The Bertz CT molecular complexity index is 511. The molecule has 0 aliphatic rings. The van der Waals surface area contributed by atoms with Crippen molar-refractivity contribution >= 4 is 23.6 Å². The summed E-state index contributed by atoms with van der Waals surface area (Å²) < 4.78 is 0.547. The number of nitrogens with one attached hydrogen (secondary N) is 1. The van der Waals surface area contributed by atoms with E-state index in [2.05, 4.69) is 28.3 Å². The summed E-state index contributed by atoms with van der Waals surface area (Å²) >= 11 is 6.77. The Balaban J connectivity index is 2.63. The normalized spacial score (nSPS) is 10.4. The van der Waals surface area contributed by atoms with E-state index in [-0.39, 0.29) is 0 Å². The number of rotatable bonds is 1. The highest BCUT2D eigenvalue weighted by Crippen LogP contribution is 2.25. The molecule has 2 heterocycles. The van der Waals surface area contributed by atoms with Crippen LogP contribution in [0.3, 0.4) is 0 Å². The molecule has 0 aliphatic heterocycles. The van der Waals surface area contributed by atoms with Crippen molar-refractivity contribution in [1.29, 1.82) is 0 Å². The van der Waals surface area contributed by atoms with Crippen molar-refractivity contribution in [3.8, 4) is 11.3 Å². The molecule has 2 nitrogen and oxygen atoms in total. The topological polar surface area (TPSA) is 28.7 Å². The molecule has 0 aliphatic carbocycles. The van der Waals surface area contributed by atoms with Gasteiger partial charge in [0.05, 0.1) is 5.69 Å².